The van der Waals surface area contributed by atoms with Crippen molar-refractivity contribution in [1.29, 1.82) is 0 Å². The number of amides is 1. The van der Waals surface area contributed by atoms with E-state index in [4.69, 9.17) is 16.3 Å². The first kappa shape index (κ1) is 11.9. The van der Waals surface area contributed by atoms with E-state index in [-0.39, 0.29) is 18.6 Å². The average Bonchev–Trinajstić information content (AvgIpc) is 2.19. The number of carbonyl (C=O) groups is 1. The van der Waals surface area contributed by atoms with Crippen molar-refractivity contribution in [3.05, 3.63) is 23.5 Å². The lowest BCUT2D eigenvalue weighted by atomic mass is 10.4. The Morgan fingerprint density at radius 1 is 1.60 bits per heavy atom. The minimum atomic E-state index is -0.201. The average molecular weight is 229 g/mol. The van der Waals surface area contributed by atoms with Crippen LogP contribution >= 0.6 is 11.6 Å². The Balaban J connectivity index is 2.41. The van der Waals surface area contributed by atoms with Crippen LogP contribution < -0.4 is 5.32 Å². The zero-order chi connectivity index (χ0) is 11.3. The van der Waals surface area contributed by atoms with E-state index >= 15 is 0 Å². The molecule has 0 unspecified atom stereocenters. The smallest absolute Gasteiger partial charge is 0.250 e. The molecule has 0 saturated carbocycles. The van der Waals surface area contributed by atoms with Gasteiger partial charge < -0.3 is 10.1 Å². The van der Waals surface area contributed by atoms with Crippen molar-refractivity contribution < 1.29 is 9.53 Å². The lowest BCUT2D eigenvalue weighted by Gasteiger charge is -2.07. The van der Waals surface area contributed by atoms with E-state index in [1.165, 1.54) is 6.20 Å². The maximum Gasteiger partial charge on any atom is 0.250 e. The van der Waals surface area contributed by atoms with Crippen LogP contribution in [0.15, 0.2) is 18.3 Å². The number of hydrogen-bond donors (Lipinski definition) is 1. The van der Waals surface area contributed by atoms with Gasteiger partial charge in [0.15, 0.2) is 0 Å². The zero-order valence-corrected chi connectivity index (χ0v) is 9.41. The SMILES string of the molecule is CC(C)OCC(=O)Nc1ccc(Cl)nc1. The number of rotatable bonds is 4. The Bertz CT molecular complexity index is 325. The van der Waals surface area contributed by atoms with Gasteiger partial charge in [-0.1, -0.05) is 11.6 Å². The minimum Gasteiger partial charge on any atom is -0.369 e. The molecule has 0 saturated heterocycles. The minimum absolute atomic E-state index is 0.0408. The van der Waals surface area contributed by atoms with Gasteiger partial charge in [0.05, 0.1) is 18.0 Å². The van der Waals surface area contributed by atoms with E-state index in [1.54, 1.807) is 12.1 Å². The quantitative estimate of drug-likeness (QED) is 0.803. The molecular weight excluding hydrogens is 216 g/mol. The predicted octanol–water partition coefficient (Wildman–Crippen LogP) is 2.10. The van der Waals surface area contributed by atoms with E-state index < -0.39 is 0 Å². The molecule has 0 aliphatic carbocycles. The molecule has 0 atom stereocenters. The number of aromatic nitrogens is 1. The molecule has 82 valence electrons. The van der Waals surface area contributed by atoms with E-state index in [0.29, 0.717) is 10.8 Å². The van der Waals surface area contributed by atoms with Crippen LogP contribution in [0, 0.1) is 0 Å². The van der Waals surface area contributed by atoms with Gasteiger partial charge in [-0.2, -0.15) is 0 Å². The topological polar surface area (TPSA) is 51.2 Å². The summed E-state index contributed by atoms with van der Waals surface area (Å²) >= 11 is 5.60. The van der Waals surface area contributed by atoms with Crippen molar-refractivity contribution in [2.75, 3.05) is 11.9 Å². The Hall–Kier alpha value is -1.13. The highest BCUT2D eigenvalue weighted by molar-refractivity contribution is 6.29. The summed E-state index contributed by atoms with van der Waals surface area (Å²) in [5.41, 5.74) is 0.608. The van der Waals surface area contributed by atoms with Crippen molar-refractivity contribution in [2.45, 2.75) is 20.0 Å². The van der Waals surface area contributed by atoms with Crippen LogP contribution in [0.4, 0.5) is 5.69 Å². The van der Waals surface area contributed by atoms with E-state index in [2.05, 4.69) is 10.3 Å². The molecule has 0 aromatic carbocycles. The first-order chi connectivity index (χ1) is 7.08. The fourth-order valence-electron chi connectivity index (χ4n) is 0.889. The lowest BCUT2D eigenvalue weighted by Crippen LogP contribution is -2.20. The molecule has 5 heteroatoms. The van der Waals surface area contributed by atoms with Crippen molar-refractivity contribution in [3.8, 4) is 0 Å². The fourth-order valence-corrected chi connectivity index (χ4v) is 1.00. The molecule has 1 N–H and O–H groups in total. The van der Waals surface area contributed by atoms with Crippen LogP contribution in [0.1, 0.15) is 13.8 Å². The summed E-state index contributed by atoms with van der Waals surface area (Å²) < 4.78 is 5.14. The van der Waals surface area contributed by atoms with Crippen LogP contribution in [0.5, 0.6) is 0 Å². The van der Waals surface area contributed by atoms with Crippen LogP contribution in [-0.2, 0) is 9.53 Å². The van der Waals surface area contributed by atoms with Crippen LogP contribution in [0.2, 0.25) is 5.15 Å². The van der Waals surface area contributed by atoms with Crippen molar-refractivity contribution in [2.24, 2.45) is 0 Å². The number of hydrogen-bond acceptors (Lipinski definition) is 3. The lowest BCUT2D eigenvalue weighted by molar-refractivity contribution is -0.121. The molecule has 4 nitrogen and oxygen atoms in total. The molecule has 0 radical (unpaired) electrons. The number of halogens is 1. The largest absolute Gasteiger partial charge is 0.369 e. The van der Waals surface area contributed by atoms with Gasteiger partial charge in [-0.05, 0) is 26.0 Å². The van der Waals surface area contributed by atoms with Gasteiger partial charge >= 0.3 is 0 Å². The standard InChI is InChI=1S/C10H13ClN2O2/c1-7(2)15-6-10(14)13-8-3-4-9(11)12-5-8/h3-5,7H,6H2,1-2H3,(H,13,14). The highest BCUT2D eigenvalue weighted by Gasteiger charge is 2.03. The maximum absolute atomic E-state index is 11.3. The Morgan fingerprint density at radius 3 is 2.87 bits per heavy atom. The first-order valence-electron chi connectivity index (χ1n) is 4.61. The van der Waals surface area contributed by atoms with E-state index in [9.17, 15) is 4.79 Å². The number of carbonyl (C=O) groups excluding carboxylic acids is 1. The molecule has 1 amide bonds. The summed E-state index contributed by atoms with van der Waals surface area (Å²) in [6, 6.07) is 3.29. The summed E-state index contributed by atoms with van der Waals surface area (Å²) in [7, 11) is 0. The van der Waals surface area contributed by atoms with Gasteiger partial charge in [0.1, 0.15) is 11.8 Å². The molecule has 15 heavy (non-hydrogen) atoms. The third-order valence-corrected chi connectivity index (χ3v) is 1.78. The number of nitrogens with zero attached hydrogens (tertiary/aromatic N) is 1. The van der Waals surface area contributed by atoms with E-state index in [1.807, 2.05) is 13.8 Å². The summed E-state index contributed by atoms with van der Waals surface area (Å²) in [5, 5.41) is 3.03. The Kier molecular flexibility index (Phi) is 4.52. The second-order valence-corrected chi connectivity index (χ2v) is 3.66. The normalized spacial score (nSPS) is 10.4. The molecule has 0 fully saturated rings. The summed E-state index contributed by atoms with van der Waals surface area (Å²) in [6.07, 6.45) is 1.54. The molecule has 1 heterocycles. The van der Waals surface area contributed by atoms with Crippen LogP contribution in [0.25, 0.3) is 0 Å². The molecular formula is C10H13ClN2O2. The van der Waals surface area contributed by atoms with Crippen molar-refractivity contribution in [1.82, 2.24) is 4.98 Å². The van der Waals surface area contributed by atoms with Gasteiger partial charge in [0, 0.05) is 0 Å². The van der Waals surface area contributed by atoms with Gasteiger partial charge in [-0.15, -0.1) is 0 Å². The first-order valence-corrected chi connectivity index (χ1v) is 4.98. The number of anilines is 1. The molecule has 0 bridgehead atoms. The number of nitrogens with one attached hydrogen (secondary N) is 1. The van der Waals surface area contributed by atoms with E-state index in [0.717, 1.165) is 0 Å². The van der Waals surface area contributed by atoms with Crippen LogP contribution in [-0.4, -0.2) is 23.6 Å². The summed E-state index contributed by atoms with van der Waals surface area (Å²) in [5.74, 6) is -0.201. The van der Waals surface area contributed by atoms with Gasteiger partial charge in [0.2, 0.25) is 5.91 Å². The Labute approximate surface area is 93.6 Å². The molecule has 1 rings (SSSR count). The summed E-state index contributed by atoms with van der Waals surface area (Å²) in [4.78, 5) is 15.1. The highest BCUT2D eigenvalue weighted by atomic mass is 35.5. The molecule has 1 aromatic heterocycles. The molecule has 0 aliphatic heterocycles. The zero-order valence-electron chi connectivity index (χ0n) is 8.66. The highest BCUT2D eigenvalue weighted by Crippen LogP contribution is 2.09. The second-order valence-electron chi connectivity index (χ2n) is 3.28. The van der Waals surface area contributed by atoms with Crippen molar-refractivity contribution in [3.63, 3.8) is 0 Å². The third kappa shape index (κ3) is 4.76. The second kappa shape index (κ2) is 5.68. The summed E-state index contributed by atoms with van der Waals surface area (Å²) in [6.45, 7) is 3.79. The fraction of sp³-hybridized carbons (Fsp3) is 0.400. The third-order valence-electron chi connectivity index (χ3n) is 1.56. The van der Waals surface area contributed by atoms with Gasteiger partial charge in [0.25, 0.3) is 0 Å². The molecule has 0 spiro atoms. The number of pyridine rings is 1. The molecule has 1 aromatic rings. The Morgan fingerprint density at radius 2 is 2.33 bits per heavy atom. The van der Waals surface area contributed by atoms with Gasteiger partial charge in [-0.25, -0.2) is 4.98 Å². The van der Waals surface area contributed by atoms with Gasteiger partial charge in [-0.3, -0.25) is 4.79 Å². The maximum atomic E-state index is 11.3. The monoisotopic (exact) mass is 228 g/mol. The predicted molar refractivity (Wildman–Crippen MR) is 59.0 cm³/mol. The van der Waals surface area contributed by atoms with Crippen LogP contribution in [0.3, 0.4) is 0 Å². The number of ether oxygens (including phenoxy) is 1. The van der Waals surface area contributed by atoms with Crippen molar-refractivity contribution >= 4 is 23.2 Å². The molecule has 0 aliphatic rings.